The highest BCUT2D eigenvalue weighted by molar-refractivity contribution is 5.95. The molecule has 0 aliphatic carbocycles. The molecule has 0 aromatic heterocycles. The van der Waals surface area contributed by atoms with Gasteiger partial charge in [-0.1, -0.05) is 0 Å². The average Bonchev–Trinajstić information content (AvgIpc) is 2.43. The first-order valence-electron chi connectivity index (χ1n) is 6.88. The highest BCUT2D eigenvalue weighted by atomic mass is 16.2. The van der Waals surface area contributed by atoms with Crippen LogP contribution in [0.1, 0.15) is 12.0 Å². The molecular formula is C14H21N5O2. The number of hydrogen-bond donors (Lipinski definition) is 4. The number of nitrogen functional groups attached to an aromatic ring is 1. The molecule has 2 rings (SSSR count). The van der Waals surface area contributed by atoms with Gasteiger partial charge < -0.3 is 26.6 Å². The molecule has 7 nitrogen and oxygen atoms in total. The summed E-state index contributed by atoms with van der Waals surface area (Å²) >= 11 is 0. The molecule has 0 bridgehead atoms. The minimum atomic E-state index is -0.127. The molecule has 1 heterocycles. The van der Waals surface area contributed by atoms with Crippen molar-refractivity contribution in [2.75, 3.05) is 43.6 Å². The molecule has 0 spiro atoms. The smallest absolute Gasteiger partial charge is 0.316 e. The maximum atomic E-state index is 11.4. The molecule has 1 aliphatic rings. The van der Waals surface area contributed by atoms with Crippen molar-refractivity contribution in [2.45, 2.75) is 12.8 Å². The van der Waals surface area contributed by atoms with Gasteiger partial charge in [0.15, 0.2) is 0 Å². The number of carbonyl (C=O) groups excluding carboxylic acids is 2. The summed E-state index contributed by atoms with van der Waals surface area (Å²) in [6, 6.07) is 3.60. The van der Waals surface area contributed by atoms with Gasteiger partial charge in [-0.15, -0.1) is 0 Å². The minimum absolute atomic E-state index is 0.0222. The Hall–Kier alpha value is -2.44. The average molecular weight is 291 g/mol. The van der Waals surface area contributed by atoms with Crippen LogP contribution < -0.4 is 21.7 Å². The van der Waals surface area contributed by atoms with Gasteiger partial charge in [-0.3, -0.25) is 4.79 Å². The summed E-state index contributed by atoms with van der Waals surface area (Å²) in [7, 11) is 3.39. The predicted molar refractivity (Wildman–Crippen MR) is 83.4 cm³/mol. The summed E-state index contributed by atoms with van der Waals surface area (Å²) in [5.74, 6) is 0.0222. The van der Waals surface area contributed by atoms with E-state index in [0.29, 0.717) is 31.6 Å². The Morgan fingerprint density at radius 3 is 2.81 bits per heavy atom. The molecule has 1 aromatic carbocycles. The molecule has 0 fully saturated rings. The zero-order chi connectivity index (χ0) is 15.4. The molecule has 1 aromatic rings. The van der Waals surface area contributed by atoms with Crippen LogP contribution in [-0.4, -0.2) is 44.0 Å². The van der Waals surface area contributed by atoms with Gasteiger partial charge in [-0.2, -0.15) is 0 Å². The summed E-state index contributed by atoms with van der Waals surface area (Å²) in [6.45, 7) is 1.08. The van der Waals surface area contributed by atoms with Gasteiger partial charge in [0.05, 0.1) is 11.4 Å². The fourth-order valence-corrected chi connectivity index (χ4v) is 2.12. The molecule has 0 radical (unpaired) electrons. The number of urea groups is 1. The topological polar surface area (TPSA) is 99.5 Å². The lowest BCUT2D eigenvalue weighted by molar-refractivity contribution is -0.116. The Morgan fingerprint density at radius 2 is 2.10 bits per heavy atom. The number of fused-ring (bicyclic) bond motifs is 1. The number of aryl methyl sites for hydroxylation is 1. The number of nitrogens with one attached hydrogen (secondary N) is 3. The van der Waals surface area contributed by atoms with Crippen molar-refractivity contribution >= 4 is 29.0 Å². The maximum Gasteiger partial charge on any atom is 0.316 e. The fourth-order valence-electron chi connectivity index (χ4n) is 2.12. The number of hydrogen-bond acceptors (Lipinski definition) is 4. The second-order valence-corrected chi connectivity index (χ2v) is 5.20. The number of carbonyl (C=O) groups is 2. The zero-order valence-electron chi connectivity index (χ0n) is 12.3. The molecule has 3 amide bonds. The first-order valence-corrected chi connectivity index (χ1v) is 6.88. The number of nitrogens with two attached hydrogens (primary N) is 1. The lowest BCUT2D eigenvalue weighted by atomic mass is 10.0. The molecule has 7 heteroatoms. The van der Waals surface area contributed by atoms with Gasteiger partial charge >= 0.3 is 6.03 Å². The SMILES string of the molecule is CN(C)C(=O)NCCNc1cc2c(cc1N)NC(=O)CC2. The maximum absolute atomic E-state index is 11.4. The third-order valence-electron chi connectivity index (χ3n) is 3.29. The highest BCUT2D eigenvalue weighted by Gasteiger charge is 2.16. The minimum Gasteiger partial charge on any atom is -0.397 e. The lowest BCUT2D eigenvalue weighted by Gasteiger charge is -2.20. The molecule has 0 saturated heterocycles. The highest BCUT2D eigenvalue weighted by Crippen LogP contribution is 2.30. The van der Waals surface area contributed by atoms with E-state index in [2.05, 4.69) is 16.0 Å². The van der Waals surface area contributed by atoms with Crippen molar-refractivity contribution in [1.82, 2.24) is 10.2 Å². The van der Waals surface area contributed by atoms with Crippen LogP contribution in [0.15, 0.2) is 12.1 Å². The monoisotopic (exact) mass is 291 g/mol. The van der Waals surface area contributed by atoms with E-state index in [9.17, 15) is 9.59 Å². The largest absolute Gasteiger partial charge is 0.397 e. The van der Waals surface area contributed by atoms with E-state index < -0.39 is 0 Å². The Balaban J connectivity index is 1.92. The third-order valence-corrected chi connectivity index (χ3v) is 3.29. The third kappa shape index (κ3) is 3.77. The Labute approximate surface area is 123 Å². The summed E-state index contributed by atoms with van der Waals surface area (Å²) in [5.41, 5.74) is 9.23. The molecule has 21 heavy (non-hydrogen) atoms. The first-order chi connectivity index (χ1) is 9.97. The van der Waals surface area contributed by atoms with Crippen LogP contribution in [0.2, 0.25) is 0 Å². The van der Waals surface area contributed by atoms with Gasteiger partial charge in [-0.05, 0) is 24.1 Å². The molecule has 114 valence electrons. The van der Waals surface area contributed by atoms with Crippen molar-refractivity contribution < 1.29 is 9.59 Å². The van der Waals surface area contributed by atoms with Crippen LogP contribution >= 0.6 is 0 Å². The van der Waals surface area contributed by atoms with E-state index in [4.69, 9.17) is 5.73 Å². The van der Waals surface area contributed by atoms with E-state index >= 15 is 0 Å². The number of amides is 3. The van der Waals surface area contributed by atoms with Gasteiger partial charge in [0.25, 0.3) is 0 Å². The second kappa shape index (κ2) is 6.34. The van der Waals surface area contributed by atoms with E-state index in [0.717, 1.165) is 16.9 Å². The molecular weight excluding hydrogens is 270 g/mol. The molecule has 5 N–H and O–H groups in total. The van der Waals surface area contributed by atoms with Gasteiger partial charge in [-0.25, -0.2) is 4.79 Å². The lowest BCUT2D eigenvalue weighted by Crippen LogP contribution is -2.37. The molecule has 1 aliphatic heterocycles. The summed E-state index contributed by atoms with van der Waals surface area (Å²) in [4.78, 5) is 24.2. The normalized spacial score (nSPS) is 13.1. The van der Waals surface area contributed by atoms with E-state index in [-0.39, 0.29) is 11.9 Å². The van der Waals surface area contributed by atoms with Crippen molar-refractivity contribution in [1.29, 1.82) is 0 Å². The summed E-state index contributed by atoms with van der Waals surface area (Å²) in [5, 5.41) is 8.78. The van der Waals surface area contributed by atoms with Crippen molar-refractivity contribution in [3.63, 3.8) is 0 Å². The first kappa shape index (κ1) is 15.0. The van der Waals surface area contributed by atoms with E-state index in [1.807, 2.05) is 6.07 Å². The number of benzene rings is 1. The van der Waals surface area contributed by atoms with Crippen molar-refractivity contribution in [2.24, 2.45) is 0 Å². The summed E-state index contributed by atoms with van der Waals surface area (Å²) < 4.78 is 0. The van der Waals surface area contributed by atoms with Crippen molar-refractivity contribution in [3.8, 4) is 0 Å². The number of anilines is 3. The molecule has 0 atom stereocenters. The molecule has 0 unspecified atom stereocenters. The van der Waals surface area contributed by atoms with Crippen LogP contribution in [0.25, 0.3) is 0 Å². The van der Waals surface area contributed by atoms with Crippen LogP contribution in [0.4, 0.5) is 21.9 Å². The van der Waals surface area contributed by atoms with Crippen LogP contribution in [-0.2, 0) is 11.2 Å². The zero-order valence-corrected chi connectivity index (χ0v) is 12.3. The van der Waals surface area contributed by atoms with E-state index in [1.165, 1.54) is 4.90 Å². The fraction of sp³-hybridized carbons (Fsp3) is 0.429. The number of nitrogens with zero attached hydrogens (tertiary/aromatic N) is 1. The second-order valence-electron chi connectivity index (χ2n) is 5.20. The number of rotatable bonds is 4. The van der Waals surface area contributed by atoms with Gasteiger partial charge in [0.1, 0.15) is 0 Å². The van der Waals surface area contributed by atoms with Crippen molar-refractivity contribution in [3.05, 3.63) is 17.7 Å². The van der Waals surface area contributed by atoms with Crippen LogP contribution in [0, 0.1) is 0 Å². The van der Waals surface area contributed by atoms with Gasteiger partial charge in [0, 0.05) is 39.3 Å². The quantitative estimate of drug-likeness (QED) is 0.488. The Bertz CT molecular complexity index is 557. The Kier molecular flexibility index (Phi) is 4.52. The predicted octanol–water partition coefficient (Wildman–Crippen LogP) is 0.837. The standard InChI is InChI=1S/C14H21N5O2/c1-19(2)14(21)17-6-5-16-12-7-9-3-4-13(20)18-11(9)8-10(12)15/h7-8,16H,3-6,15H2,1-2H3,(H,17,21)(H,18,20). The summed E-state index contributed by atoms with van der Waals surface area (Å²) in [6.07, 6.45) is 1.21. The Morgan fingerprint density at radius 1 is 1.33 bits per heavy atom. The van der Waals surface area contributed by atoms with Crippen LogP contribution in [0.5, 0.6) is 0 Å². The molecule has 0 saturated carbocycles. The van der Waals surface area contributed by atoms with Crippen LogP contribution in [0.3, 0.4) is 0 Å². The van der Waals surface area contributed by atoms with Gasteiger partial charge in [0.2, 0.25) is 5.91 Å². The van der Waals surface area contributed by atoms with E-state index in [1.54, 1.807) is 20.2 Å².